The van der Waals surface area contributed by atoms with E-state index >= 15 is 0 Å². The van der Waals surface area contributed by atoms with Gasteiger partial charge in [0.05, 0.1) is 19.8 Å². The molecule has 0 aromatic carbocycles. The summed E-state index contributed by atoms with van der Waals surface area (Å²) in [6.07, 6.45) is 7.94. The molecule has 2 aliphatic heterocycles. The third kappa shape index (κ3) is 1.62. The second-order valence-corrected chi connectivity index (χ2v) is 5.03. The topological polar surface area (TPSA) is 44.8 Å². The molecule has 2 saturated heterocycles. The van der Waals surface area contributed by atoms with Crippen LogP contribution >= 0.6 is 0 Å². The monoisotopic (exact) mass is 238 g/mol. The Bertz CT molecular complexity index is 343. The summed E-state index contributed by atoms with van der Waals surface area (Å²) < 4.78 is 16.8. The molecule has 1 spiro atoms. The van der Waals surface area contributed by atoms with Crippen LogP contribution in [-0.4, -0.2) is 31.6 Å². The first-order valence-electron chi connectivity index (χ1n) is 6.33. The minimum atomic E-state index is -0.717. The third-order valence-corrected chi connectivity index (χ3v) is 4.11. The number of hydrogen-bond acceptors (Lipinski definition) is 4. The second-order valence-electron chi connectivity index (χ2n) is 5.03. The number of rotatable bonds is 1. The first kappa shape index (κ1) is 11.2. The van der Waals surface area contributed by atoms with Crippen LogP contribution < -0.4 is 0 Å². The average Bonchev–Trinajstić information content (AvgIpc) is 2.87. The Hall–Kier alpha value is -0.870. The van der Waals surface area contributed by atoms with Gasteiger partial charge in [0, 0.05) is 12.3 Å². The van der Waals surface area contributed by atoms with Crippen LogP contribution in [0.5, 0.6) is 0 Å². The lowest BCUT2D eigenvalue weighted by molar-refractivity contribution is -0.259. The molecule has 0 bridgehead atoms. The number of hydrogen-bond donors (Lipinski definition) is 0. The van der Waals surface area contributed by atoms with Crippen molar-refractivity contribution in [2.75, 3.05) is 13.7 Å². The van der Waals surface area contributed by atoms with Gasteiger partial charge in [-0.25, -0.2) is 0 Å². The van der Waals surface area contributed by atoms with Crippen molar-refractivity contribution in [3.05, 3.63) is 12.2 Å². The second kappa shape index (κ2) is 4.10. The maximum Gasteiger partial charge on any atom is 0.314 e. The van der Waals surface area contributed by atoms with E-state index < -0.39 is 5.79 Å². The maximum atomic E-state index is 12.0. The molecule has 0 aromatic rings. The van der Waals surface area contributed by atoms with E-state index in [9.17, 15) is 4.79 Å². The van der Waals surface area contributed by atoms with Gasteiger partial charge in [0.2, 0.25) is 0 Å². The van der Waals surface area contributed by atoms with Crippen LogP contribution in [0.3, 0.4) is 0 Å². The van der Waals surface area contributed by atoms with Crippen LogP contribution in [0.15, 0.2) is 12.2 Å². The predicted octanol–water partition coefficient (Wildman–Crippen LogP) is 1.65. The molecular weight excluding hydrogens is 220 g/mol. The Labute approximate surface area is 101 Å². The predicted molar refractivity (Wildman–Crippen MR) is 60.2 cm³/mol. The smallest absolute Gasteiger partial charge is 0.314 e. The van der Waals surface area contributed by atoms with Crippen LogP contribution in [0, 0.1) is 11.8 Å². The highest BCUT2D eigenvalue weighted by Gasteiger charge is 2.60. The molecule has 0 radical (unpaired) electrons. The zero-order valence-corrected chi connectivity index (χ0v) is 10.1. The molecule has 0 aromatic heterocycles. The van der Waals surface area contributed by atoms with Gasteiger partial charge in [0.1, 0.15) is 5.92 Å². The van der Waals surface area contributed by atoms with Gasteiger partial charge in [-0.05, 0) is 19.3 Å². The van der Waals surface area contributed by atoms with Crippen molar-refractivity contribution in [2.45, 2.75) is 37.6 Å². The number of carbonyl (C=O) groups excluding carboxylic acids is 1. The molecule has 17 heavy (non-hydrogen) atoms. The summed E-state index contributed by atoms with van der Waals surface area (Å²) in [6.45, 7) is 0.677. The number of carbonyl (C=O) groups is 1. The van der Waals surface area contributed by atoms with Gasteiger partial charge >= 0.3 is 5.97 Å². The van der Waals surface area contributed by atoms with Crippen molar-refractivity contribution in [1.82, 2.24) is 0 Å². The summed E-state index contributed by atoms with van der Waals surface area (Å²) in [5, 5.41) is 0. The SMILES string of the molecule is COC(=O)[C@H]1[C@@H]2CC=C[C@@H]2O[C@]12CCCCO2. The van der Waals surface area contributed by atoms with Gasteiger partial charge in [-0.1, -0.05) is 12.2 Å². The molecule has 2 heterocycles. The lowest BCUT2D eigenvalue weighted by Crippen LogP contribution is -2.46. The fourth-order valence-electron chi connectivity index (χ4n) is 3.34. The lowest BCUT2D eigenvalue weighted by atomic mass is 9.82. The zero-order chi connectivity index (χ0) is 11.9. The van der Waals surface area contributed by atoms with E-state index in [0.29, 0.717) is 6.61 Å². The average molecular weight is 238 g/mol. The van der Waals surface area contributed by atoms with Gasteiger partial charge in [-0.2, -0.15) is 0 Å². The minimum Gasteiger partial charge on any atom is -0.469 e. The quantitative estimate of drug-likeness (QED) is 0.514. The third-order valence-electron chi connectivity index (χ3n) is 4.11. The van der Waals surface area contributed by atoms with Gasteiger partial charge < -0.3 is 14.2 Å². The Morgan fingerprint density at radius 1 is 1.47 bits per heavy atom. The van der Waals surface area contributed by atoms with Crippen molar-refractivity contribution >= 4 is 5.97 Å². The lowest BCUT2D eigenvalue weighted by Gasteiger charge is -2.37. The molecule has 0 saturated carbocycles. The minimum absolute atomic E-state index is 0.0252. The number of esters is 1. The number of fused-ring (bicyclic) bond motifs is 1. The first-order chi connectivity index (χ1) is 8.27. The van der Waals surface area contributed by atoms with Gasteiger partial charge in [0.25, 0.3) is 0 Å². The number of allylic oxidation sites excluding steroid dienone is 1. The van der Waals surface area contributed by atoms with Crippen molar-refractivity contribution < 1.29 is 19.0 Å². The summed E-state index contributed by atoms with van der Waals surface area (Å²) in [5.41, 5.74) is 0. The van der Waals surface area contributed by atoms with Crippen molar-refractivity contribution in [2.24, 2.45) is 11.8 Å². The molecular formula is C13H18O4. The van der Waals surface area contributed by atoms with Crippen LogP contribution in [0.2, 0.25) is 0 Å². The Morgan fingerprint density at radius 3 is 3.06 bits per heavy atom. The van der Waals surface area contributed by atoms with Gasteiger partial charge in [-0.3, -0.25) is 4.79 Å². The molecule has 4 heteroatoms. The molecule has 4 nitrogen and oxygen atoms in total. The zero-order valence-electron chi connectivity index (χ0n) is 10.1. The number of ether oxygens (including phenoxy) is 3. The fraction of sp³-hybridized carbons (Fsp3) is 0.769. The molecule has 2 fully saturated rings. The Kier molecular flexibility index (Phi) is 2.71. The summed E-state index contributed by atoms with van der Waals surface area (Å²) in [5.74, 6) is -0.984. The molecule has 1 aliphatic carbocycles. The summed E-state index contributed by atoms with van der Waals surface area (Å²) in [4.78, 5) is 12.0. The van der Waals surface area contributed by atoms with Crippen LogP contribution in [0.25, 0.3) is 0 Å². The highest BCUT2D eigenvalue weighted by molar-refractivity contribution is 5.74. The summed E-state index contributed by atoms with van der Waals surface area (Å²) >= 11 is 0. The van der Waals surface area contributed by atoms with E-state index in [2.05, 4.69) is 6.08 Å². The van der Waals surface area contributed by atoms with Gasteiger partial charge in [0.15, 0.2) is 5.79 Å². The molecule has 0 unspecified atom stereocenters. The molecule has 3 rings (SSSR count). The van der Waals surface area contributed by atoms with E-state index in [4.69, 9.17) is 14.2 Å². The summed E-state index contributed by atoms with van der Waals surface area (Å²) in [7, 11) is 1.44. The first-order valence-corrected chi connectivity index (χ1v) is 6.33. The molecule has 3 aliphatic rings. The van der Waals surface area contributed by atoms with Gasteiger partial charge in [-0.15, -0.1) is 0 Å². The molecule has 0 amide bonds. The van der Waals surface area contributed by atoms with Crippen molar-refractivity contribution in [3.8, 4) is 0 Å². The van der Waals surface area contributed by atoms with E-state index in [-0.39, 0.29) is 23.9 Å². The fourth-order valence-corrected chi connectivity index (χ4v) is 3.34. The summed E-state index contributed by atoms with van der Waals surface area (Å²) in [6, 6.07) is 0. The van der Waals surface area contributed by atoms with E-state index in [1.807, 2.05) is 6.08 Å². The molecule has 4 atom stereocenters. The maximum absolute atomic E-state index is 12.0. The Balaban J connectivity index is 1.91. The molecule has 0 N–H and O–H groups in total. The van der Waals surface area contributed by atoms with E-state index in [1.54, 1.807) is 0 Å². The highest BCUT2D eigenvalue weighted by Crippen LogP contribution is 2.50. The van der Waals surface area contributed by atoms with Crippen molar-refractivity contribution in [3.63, 3.8) is 0 Å². The normalized spacial score (nSPS) is 43.9. The van der Waals surface area contributed by atoms with Crippen LogP contribution in [-0.2, 0) is 19.0 Å². The van der Waals surface area contributed by atoms with Crippen molar-refractivity contribution in [1.29, 1.82) is 0 Å². The van der Waals surface area contributed by atoms with Crippen LogP contribution in [0.4, 0.5) is 0 Å². The van der Waals surface area contributed by atoms with E-state index in [1.165, 1.54) is 7.11 Å². The Morgan fingerprint density at radius 2 is 2.35 bits per heavy atom. The molecule has 94 valence electrons. The highest BCUT2D eigenvalue weighted by atomic mass is 16.7. The van der Waals surface area contributed by atoms with E-state index in [0.717, 1.165) is 25.7 Å². The van der Waals surface area contributed by atoms with Crippen LogP contribution in [0.1, 0.15) is 25.7 Å². The largest absolute Gasteiger partial charge is 0.469 e. The number of methoxy groups -OCH3 is 1. The standard InChI is InChI=1S/C13H18O4/c1-15-12(14)11-9-5-4-6-10(9)17-13(11)7-2-3-8-16-13/h4,6,9-11H,2-3,5,7-8H2,1H3/t9-,10+,11-,13-/m1/s1.